The summed E-state index contributed by atoms with van der Waals surface area (Å²) in [7, 11) is 3.05. The minimum Gasteiger partial charge on any atom is -0.493 e. The first-order valence-corrected chi connectivity index (χ1v) is 10.8. The first-order valence-electron chi connectivity index (χ1n) is 10.0. The number of fused-ring (bicyclic) bond motifs is 1. The topological polar surface area (TPSA) is 74.9 Å². The van der Waals surface area contributed by atoms with Gasteiger partial charge in [0.2, 0.25) is 5.75 Å². The molecular formula is C24H24BrN3O4. The lowest BCUT2D eigenvalue weighted by Gasteiger charge is -2.15. The largest absolute Gasteiger partial charge is 0.493 e. The third-order valence-corrected chi connectivity index (χ3v) is 5.48. The molecule has 0 bridgehead atoms. The summed E-state index contributed by atoms with van der Waals surface area (Å²) < 4.78 is 18.6. The van der Waals surface area contributed by atoms with Crippen LogP contribution in [0.3, 0.4) is 0 Å². The lowest BCUT2D eigenvalue weighted by molar-refractivity contribution is 0.304. The molecule has 0 radical (unpaired) electrons. The smallest absolute Gasteiger partial charge is 0.282 e. The van der Waals surface area contributed by atoms with Gasteiger partial charge in [-0.05, 0) is 36.8 Å². The van der Waals surface area contributed by atoms with E-state index in [1.165, 1.54) is 18.9 Å². The fourth-order valence-corrected chi connectivity index (χ4v) is 3.50. The maximum absolute atomic E-state index is 13.3. The van der Waals surface area contributed by atoms with E-state index in [-0.39, 0.29) is 18.1 Å². The number of benzene rings is 2. The zero-order valence-electron chi connectivity index (χ0n) is 18.4. The molecule has 3 aromatic rings. The SMILES string of the molecule is C#CCOc1c(OC)cc(C=Nn2c([C@@H](C)CC)nc3ccc(Br)cc3c2=O)cc1OC. The number of terminal acetylenes is 1. The van der Waals surface area contributed by atoms with Crippen molar-refractivity contribution >= 4 is 33.0 Å². The third kappa shape index (κ3) is 4.78. The van der Waals surface area contributed by atoms with E-state index in [2.05, 4.69) is 27.0 Å². The zero-order chi connectivity index (χ0) is 23.3. The van der Waals surface area contributed by atoms with Crippen LogP contribution < -0.4 is 19.8 Å². The second-order valence-corrected chi connectivity index (χ2v) is 7.97. The van der Waals surface area contributed by atoms with Gasteiger partial charge in [0.1, 0.15) is 12.4 Å². The molecule has 166 valence electrons. The first-order chi connectivity index (χ1) is 15.4. The van der Waals surface area contributed by atoms with Crippen molar-refractivity contribution in [2.24, 2.45) is 5.10 Å². The molecule has 0 aliphatic heterocycles. The number of halogens is 1. The molecule has 1 heterocycles. The van der Waals surface area contributed by atoms with E-state index in [1.807, 2.05) is 26.0 Å². The predicted molar refractivity (Wildman–Crippen MR) is 129 cm³/mol. The minimum atomic E-state index is -0.240. The summed E-state index contributed by atoms with van der Waals surface area (Å²) in [5.41, 5.74) is 1.05. The highest BCUT2D eigenvalue weighted by atomic mass is 79.9. The number of nitrogens with zero attached hydrogens (tertiary/aromatic N) is 3. The molecule has 0 saturated carbocycles. The Morgan fingerprint density at radius 3 is 2.53 bits per heavy atom. The first kappa shape index (κ1) is 23.4. The number of hydrogen-bond acceptors (Lipinski definition) is 6. The van der Waals surface area contributed by atoms with Crippen LogP contribution in [0.4, 0.5) is 0 Å². The summed E-state index contributed by atoms with van der Waals surface area (Å²) in [6.07, 6.45) is 7.67. The van der Waals surface area contributed by atoms with Crippen LogP contribution in [0, 0.1) is 12.3 Å². The van der Waals surface area contributed by atoms with E-state index >= 15 is 0 Å². The zero-order valence-corrected chi connectivity index (χ0v) is 20.0. The summed E-state index contributed by atoms with van der Waals surface area (Å²) in [6.45, 7) is 4.13. The van der Waals surface area contributed by atoms with E-state index in [1.54, 1.807) is 24.4 Å². The summed E-state index contributed by atoms with van der Waals surface area (Å²) in [5, 5.41) is 4.97. The van der Waals surface area contributed by atoms with Crippen LogP contribution in [-0.4, -0.2) is 36.7 Å². The number of hydrogen-bond donors (Lipinski definition) is 0. The van der Waals surface area contributed by atoms with Gasteiger partial charge in [-0.1, -0.05) is 35.7 Å². The molecule has 2 aromatic carbocycles. The van der Waals surface area contributed by atoms with E-state index < -0.39 is 0 Å². The average molecular weight is 498 g/mol. The van der Waals surface area contributed by atoms with Gasteiger partial charge in [-0.25, -0.2) is 4.98 Å². The maximum Gasteiger partial charge on any atom is 0.282 e. The van der Waals surface area contributed by atoms with Crippen molar-refractivity contribution in [2.45, 2.75) is 26.2 Å². The molecule has 0 N–H and O–H groups in total. The molecule has 32 heavy (non-hydrogen) atoms. The maximum atomic E-state index is 13.3. The Morgan fingerprint density at radius 2 is 1.94 bits per heavy atom. The lowest BCUT2D eigenvalue weighted by atomic mass is 10.1. The molecule has 0 aliphatic rings. The van der Waals surface area contributed by atoms with Gasteiger partial charge in [-0.15, -0.1) is 6.42 Å². The molecule has 0 aliphatic carbocycles. The van der Waals surface area contributed by atoms with Crippen molar-refractivity contribution in [3.8, 4) is 29.6 Å². The Bertz CT molecular complexity index is 1240. The molecule has 3 rings (SSSR count). The van der Waals surface area contributed by atoms with Gasteiger partial charge in [-0.3, -0.25) is 4.79 Å². The Kier molecular flexibility index (Phi) is 7.54. The highest BCUT2D eigenvalue weighted by Crippen LogP contribution is 2.38. The molecule has 0 amide bonds. The van der Waals surface area contributed by atoms with Gasteiger partial charge < -0.3 is 14.2 Å². The predicted octanol–water partition coefficient (Wildman–Crippen LogP) is 4.58. The number of aromatic nitrogens is 2. The van der Waals surface area contributed by atoms with Gasteiger partial charge in [0.25, 0.3) is 5.56 Å². The van der Waals surface area contributed by atoms with Crippen molar-refractivity contribution in [1.82, 2.24) is 9.66 Å². The standard InChI is InChI=1S/C24H24BrN3O4/c1-6-10-32-22-20(30-4)11-16(12-21(22)31-5)14-26-28-23(15(3)7-2)27-19-9-8-17(25)13-18(19)24(28)29/h1,8-9,11-15H,7,10H2,2-5H3/t15-/m0/s1. The van der Waals surface area contributed by atoms with E-state index in [9.17, 15) is 4.79 Å². The summed E-state index contributed by atoms with van der Waals surface area (Å²) in [6, 6.07) is 8.91. The van der Waals surface area contributed by atoms with Gasteiger partial charge in [0.05, 0.1) is 31.3 Å². The third-order valence-electron chi connectivity index (χ3n) is 4.99. The van der Waals surface area contributed by atoms with Crippen LogP contribution in [0.25, 0.3) is 10.9 Å². The number of ether oxygens (including phenoxy) is 3. The van der Waals surface area contributed by atoms with Crippen LogP contribution in [0.1, 0.15) is 37.6 Å². The van der Waals surface area contributed by atoms with Crippen molar-refractivity contribution in [3.63, 3.8) is 0 Å². The van der Waals surface area contributed by atoms with Crippen LogP contribution in [-0.2, 0) is 0 Å². The molecule has 0 unspecified atom stereocenters. The molecule has 0 saturated heterocycles. The molecule has 7 nitrogen and oxygen atoms in total. The molecule has 0 fully saturated rings. The molecule has 8 heteroatoms. The Morgan fingerprint density at radius 1 is 1.25 bits per heavy atom. The quantitative estimate of drug-likeness (QED) is 0.336. The van der Waals surface area contributed by atoms with E-state index in [0.29, 0.717) is 39.5 Å². The number of methoxy groups -OCH3 is 2. The molecular weight excluding hydrogens is 474 g/mol. The highest BCUT2D eigenvalue weighted by molar-refractivity contribution is 9.10. The fraction of sp³-hybridized carbons (Fsp3) is 0.292. The number of rotatable bonds is 8. The van der Waals surface area contributed by atoms with E-state index in [0.717, 1.165) is 10.9 Å². The summed E-state index contributed by atoms with van der Waals surface area (Å²) in [5.74, 6) is 4.34. The Hall–Kier alpha value is -3.31. The second-order valence-electron chi connectivity index (χ2n) is 7.05. The molecule has 1 atom stereocenters. The fourth-order valence-electron chi connectivity index (χ4n) is 3.13. The highest BCUT2D eigenvalue weighted by Gasteiger charge is 2.17. The normalized spacial score (nSPS) is 12.0. The van der Waals surface area contributed by atoms with Crippen molar-refractivity contribution in [3.05, 3.63) is 56.5 Å². The minimum absolute atomic E-state index is 0.0384. The molecule has 1 aromatic heterocycles. The van der Waals surface area contributed by atoms with E-state index in [4.69, 9.17) is 25.6 Å². The molecule has 0 spiro atoms. The summed E-state index contributed by atoms with van der Waals surface area (Å²) in [4.78, 5) is 18.0. The van der Waals surface area contributed by atoms with Gasteiger partial charge in [-0.2, -0.15) is 9.78 Å². The lowest BCUT2D eigenvalue weighted by Crippen LogP contribution is -2.23. The van der Waals surface area contributed by atoms with Crippen molar-refractivity contribution < 1.29 is 14.2 Å². The average Bonchev–Trinajstić information content (AvgIpc) is 2.81. The Balaban J connectivity index is 2.14. The van der Waals surface area contributed by atoms with Gasteiger partial charge >= 0.3 is 0 Å². The van der Waals surface area contributed by atoms with Crippen LogP contribution >= 0.6 is 15.9 Å². The monoisotopic (exact) mass is 497 g/mol. The summed E-state index contributed by atoms with van der Waals surface area (Å²) >= 11 is 3.42. The van der Waals surface area contributed by atoms with Gasteiger partial charge in [0, 0.05) is 16.0 Å². The van der Waals surface area contributed by atoms with Crippen LogP contribution in [0.5, 0.6) is 17.2 Å². The van der Waals surface area contributed by atoms with Crippen LogP contribution in [0.15, 0.2) is 44.7 Å². The van der Waals surface area contributed by atoms with Crippen molar-refractivity contribution in [1.29, 1.82) is 0 Å². The van der Waals surface area contributed by atoms with Crippen LogP contribution in [0.2, 0.25) is 0 Å². The van der Waals surface area contributed by atoms with Gasteiger partial charge in [0.15, 0.2) is 11.5 Å². The second kappa shape index (κ2) is 10.3. The Labute approximate surface area is 195 Å². The van der Waals surface area contributed by atoms with Crippen molar-refractivity contribution in [2.75, 3.05) is 20.8 Å².